The van der Waals surface area contributed by atoms with E-state index in [1.807, 2.05) is 67.7 Å². The molecule has 0 aliphatic heterocycles. The van der Waals surface area contributed by atoms with Gasteiger partial charge in [0.05, 0.1) is 11.8 Å². The molecule has 160 valence electrons. The Labute approximate surface area is 183 Å². The van der Waals surface area contributed by atoms with E-state index < -0.39 is 6.10 Å². The average molecular weight is 417 g/mol. The van der Waals surface area contributed by atoms with Crippen molar-refractivity contribution in [3.63, 3.8) is 0 Å². The van der Waals surface area contributed by atoms with Crippen LogP contribution in [0, 0.1) is 0 Å². The van der Waals surface area contributed by atoms with Gasteiger partial charge in [-0.1, -0.05) is 66.7 Å². The molecule has 4 rings (SSSR count). The van der Waals surface area contributed by atoms with Crippen LogP contribution in [0.25, 0.3) is 0 Å². The van der Waals surface area contributed by atoms with E-state index >= 15 is 0 Å². The number of rotatable bonds is 8. The van der Waals surface area contributed by atoms with Gasteiger partial charge in [0.2, 0.25) is 6.41 Å². The Hall–Kier alpha value is -3.15. The lowest BCUT2D eigenvalue weighted by atomic mass is 9.83. The van der Waals surface area contributed by atoms with Gasteiger partial charge in [-0.25, -0.2) is 0 Å². The zero-order chi connectivity index (χ0) is 21.6. The van der Waals surface area contributed by atoms with Crippen LogP contribution in [0.2, 0.25) is 0 Å². The van der Waals surface area contributed by atoms with Crippen molar-refractivity contribution in [2.24, 2.45) is 0 Å². The number of nitrogens with one attached hydrogen (secondary N) is 1. The molecule has 2 atom stereocenters. The summed E-state index contributed by atoms with van der Waals surface area (Å²) in [7, 11) is 2.05. The number of ether oxygens (including phenoxy) is 1. The maximum atomic E-state index is 11.3. The highest BCUT2D eigenvalue weighted by molar-refractivity contribution is 5.79. The number of benzene rings is 3. The van der Waals surface area contributed by atoms with Gasteiger partial charge in [0.15, 0.2) is 0 Å². The summed E-state index contributed by atoms with van der Waals surface area (Å²) >= 11 is 0. The van der Waals surface area contributed by atoms with E-state index in [1.165, 1.54) is 5.56 Å². The Morgan fingerprint density at radius 3 is 2.39 bits per heavy atom. The van der Waals surface area contributed by atoms with Crippen LogP contribution in [0.1, 0.15) is 34.8 Å². The van der Waals surface area contributed by atoms with Crippen molar-refractivity contribution in [1.82, 2.24) is 4.90 Å². The highest BCUT2D eigenvalue weighted by Gasteiger charge is 2.33. The summed E-state index contributed by atoms with van der Waals surface area (Å²) in [5.74, 6) is 0.623. The average Bonchev–Trinajstić information content (AvgIpc) is 2.80. The molecule has 5 nitrogen and oxygen atoms in total. The number of carbonyl (C=O) groups is 1. The molecule has 3 aromatic carbocycles. The monoisotopic (exact) mass is 416 g/mol. The number of nitrogens with zero attached hydrogens (tertiary/aromatic N) is 1. The van der Waals surface area contributed by atoms with E-state index in [0.717, 1.165) is 36.1 Å². The predicted molar refractivity (Wildman–Crippen MR) is 122 cm³/mol. The molecule has 3 aromatic rings. The van der Waals surface area contributed by atoms with Crippen molar-refractivity contribution in [1.29, 1.82) is 0 Å². The summed E-state index contributed by atoms with van der Waals surface area (Å²) in [6, 6.07) is 24.0. The van der Waals surface area contributed by atoms with Gasteiger partial charge in [-0.2, -0.15) is 0 Å². The predicted octanol–water partition coefficient (Wildman–Crippen LogP) is 4.31. The first kappa shape index (κ1) is 21.1. The number of aliphatic hydroxyl groups is 1. The van der Waals surface area contributed by atoms with Crippen LogP contribution in [-0.4, -0.2) is 29.5 Å². The molecule has 31 heavy (non-hydrogen) atoms. The summed E-state index contributed by atoms with van der Waals surface area (Å²) in [5, 5.41) is 14.0. The highest BCUT2D eigenvalue weighted by atomic mass is 16.5. The molecule has 0 saturated heterocycles. The van der Waals surface area contributed by atoms with Crippen molar-refractivity contribution in [3.8, 4) is 5.75 Å². The quantitative estimate of drug-likeness (QED) is 0.537. The molecule has 5 heteroatoms. The Morgan fingerprint density at radius 1 is 1.03 bits per heavy atom. The molecule has 0 saturated carbocycles. The first-order valence-corrected chi connectivity index (χ1v) is 10.6. The van der Waals surface area contributed by atoms with Gasteiger partial charge < -0.3 is 15.2 Å². The topological polar surface area (TPSA) is 61.8 Å². The zero-order valence-electron chi connectivity index (χ0n) is 17.7. The second-order valence-corrected chi connectivity index (χ2v) is 7.99. The number of aliphatic hydroxyl groups excluding tert-OH is 1. The lowest BCUT2D eigenvalue weighted by Crippen LogP contribution is -2.39. The number of fused-ring (bicyclic) bond motifs is 1. The zero-order valence-corrected chi connectivity index (χ0v) is 17.7. The molecule has 0 heterocycles. The molecule has 0 aromatic heterocycles. The van der Waals surface area contributed by atoms with E-state index in [1.54, 1.807) is 0 Å². The molecular formula is C26H28N2O3. The molecule has 0 bridgehead atoms. The van der Waals surface area contributed by atoms with Gasteiger partial charge in [0.25, 0.3) is 0 Å². The smallest absolute Gasteiger partial charge is 0.211 e. The van der Waals surface area contributed by atoms with Crippen LogP contribution in [0.3, 0.4) is 0 Å². The largest absolute Gasteiger partial charge is 0.487 e. The molecule has 0 fully saturated rings. The lowest BCUT2D eigenvalue weighted by Gasteiger charge is -2.37. The van der Waals surface area contributed by atoms with Crippen LogP contribution >= 0.6 is 0 Å². The summed E-state index contributed by atoms with van der Waals surface area (Å²) in [4.78, 5) is 13.5. The minimum atomic E-state index is -0.632. The maximum absolute atomic E-state index is 11.3. The normalized spacial score (nSPS) is 17.8. The van der Waals surface area contributed by atoms with Gasteiger partial charge in [-0.05, 0) is 48.2 Å². The Balaban J connectivity index is 1.54. The number of hydrogen-bond acceptors (Lipinski definition) is 4. The minimum Gasteiger partial charge on any atom is -0.487 e. The molecule has 0 radical (unpaired) electrons. The molecule has 2 N–H and O–H groups in total. The van der Waals surface area contributed by atoms with Crippen LogP contribution in [-0.2, 0) is 24.4 Å². The Morgan fingerprint density at radius 2 is 1.71 bits per heavy atom. The summed E-state index contributed by atoms with van der Waals surface area (Å²) in [6.45, 7) is 1.19. The van der Waals surface area contributed by atoms with Crippen LogP contribution in [0.4, 0.5) is 5.69 Å². The van der Waals surface area contributed by atoms with E-state index in [0.29, 0.717) is 24.5 Å². The van der Waals surface area contributed by atoms with Gasteiger partial charge in [-0.15, -0.1) is 0 Å². The van der Waals surface area contributed by atoms with Gasteiger partial charge in [-0.3, -0.25) is 9.69 Å². The first-order valence-electron chi connectivity index (χ1n) is 10.6. The number of carbonyl (C=O) groups excluding carboxylic acids is 1. The van der Waals surface area contributed by atoms with Crippen LogP contribution in [0.15, 0.2) is 72.8 Å². The second-order valence-electron chi connectivity index (χ2n) is 7.99. The standard InChI is InChI=1S/C26H28N2O3/c1-28(16-19-8-4-2-5-9-19)23-14-12-21-22(26(23)30)13-15-24(25(21)27-18-29)31-17-20-10-6-3-7-11-20/h2-11,13,15,18,23,26,30H,12,14,16-17H2,1H3,(H,27,29)/t23-,26+/m1/s1. The van der Waals surface area contributed by atoms with Crippen molar-refractivity contribution in [3.05, 3.63) is 95.1 Å². The molecule has 0 spiro atoms. The third-order valence-corrected chi connectivity index (χ3v) is 5.97. The molecule has 1 aliphatic rings. The number of amides is 1. The SMILES string of the molecule is CN(Cc1ccccc1)[C@@H]1CCc2c(ccc(OCc3ccccc3)c2NC=O)[C@@H]1O. The highest BCUT2D eigenvalue weighted by Crippen LogP contribution is 2.41. The second kappa shape index (κ2) is 9.77. The third-order valence-electron chi connectivity index (χ3n) is 5.97. The van der Waals surface area contributed by atoms with E-state index in [4.69, 9.17) is 4.74 Å². The third kappa shape index (κ3) is 4.79. The molecular weight excluding hydrogens is 388 g/mol. The van der Waals surface area contributed by atoms with Crippen molar-refractivity contribution < 1.29 is 14.6 Å². The summed E-state index contributed by atoms with van der Waals surface area (Å²) in [5.41, 5.74) is 4.74. The van der Waals surface area contributed by atoms with Crippen molar-refractivity contribution in [2.45, 2.75) is 38.1 Å². The minimum absolute atomic E-state index is 0.00729. The van der Waals surface area contributed by atoms with Crippen molar-refractivity contribution in [2.75, 3.05) is 12.4 Å². The molecule has 1 amide bonds. The Kier molecular flexibility index (Phi) is 6.65. The van der Waals surface area contributed by atoms with Gasteiger partial charge >= 0.3 is 0 Å². The fraction of sp³-hybridized carbons (Fsp3) is 0.269. The number of likely N-dealkylation sites (N-methyl/N-ethyl adjacent to an activating group) is 1. The van der Waals surface area contributed by atoms with E-state index in [-0.39, 0.29) is 6.04 Å². The molecule has 1 aliphatic carbocycles. The first-order chi connectivity index (χ1) is 15.2. The summed E-state index contributed by atoms with van der Waals surface area (Å²) < 4.78 is 6.02. The van der Waals surface area contributed by atoms with Gasteiger partial charge in [0, 0.05) is 12.6 Å². The Bertz CT molecular complexity index is 1010. The lowest BCUT2D eigenvalue weighted by molar-refractivity contribution is -0.105. The van der Waals surface area contributed by atoms with Crippen LogP contribution in [0.5, 0.6) is 5.75 Å². The van der Waals surface area contributed by atoms with Crippen molar-refractivity contribution >= 4 is 12.1 Å². The fourth-order valence-corrected chi connectivity index (χ4v) is 4.37. The number of hydrogen-bond donors (Lipinski definition) is 2. The summed E-state index contributed by atoms with van der Waals surface area (Å²) in [6.07, 6.45) is 1.60. The van der Waals surface area contributed by atoms with Crippen LogP contribution < -0.4 is 10.1 Å². The maximum Gasteiger partial charge on any atom is 0.211 e. The molecule has 0 unspecified atom stereocenters. The van der Waals surface area contributed by atoms with E-state index in [9.17, 15) is 9.90 Å². The van der Waals surface area contributed by atoms with Gasteiger partial charge in [0.1, 0.15) is 12.4 Å². The number of anilines is 1. The van der Waals surface area contributed by atoms with E-state index in [2.05, 4.69) is 22.3 Å². The fourth-order valence-electron chi connectivity index (χ4n) is 4.37.